The van der Waals surface area contributed by atoms with E-state index < -0.39 is 5.91 Å². The maximum Gasteiger partial charge on any atom is 0.269 e. The summed E-state index contributed by atoms with van der Waals surface area (Å²) in [5, 5.41) is 15.3. The van der Waals surface area contributed by atoms with Crippen molar-refractivity contribution in [3.8, 4) is 6.07 Å². The van der Waals surface area contributed by atoms with Gasteiger partial charge in [-0.2, -0.15) is 5.26 Å². The summed E-state index contributed by atoms with van der Waals surface area (Å²) in [6.45, 7) is 1.94. The van der Waals surface area contributed by atoms with E-state index in [0.717, 1.165) is 11.4 Å². The van der Waals surface area contributed by atoms with E-state index in [1.165, 1.54) is 11.8 Å². The predicted octanol–water partition coefficient (Wildman–Crippen LogP) is 5.13. The van der Waals surface area contributed by atoms with E-state index in [2.05, 4.69) is 5.32 Å². The molecule has 0 saturated carbocycles. The number of benzene rings is 2. The molecule has 0 saturated heterocycles. The van der Waals surface area contributed by atoms with Crippen LogP contribution in [0.5, 0.6) is 0 Å². The molecule has 0 atom stereocenters. The SMILES string of the molecule is CC1=CS/C(=C(\C#N)C(=O)Nc2cccc(Cl)c2)N1c1ccccc1. The van der Waals surface area contributed by atoms with Crippen molar-refractivity contribution in [3.63, 3.8) is 0 Å². The van der Waals surface area contributed by atoms with Gasteiger partial charge in [-0.05, 0) is 42.7 Å². The number of amides is 1. The van der Waals surface area contributed by atoms with Gasteiger partial charge in [-0.3, -0.25) is 4.79 Å². The average molecular weight is 368 g/mol. The Bertz CT molecular complexity index is 916. The number of para-hydroxylation sites is 1. The fourth-order valence-corrected chi connectivity index (χ4v) is 3.62. The van der Waals surface area contributed by atoms with E-state index in [4.69, 9.17) is 11.6 Å². The summed E-state index contributed by atoms with van der Waals surface area (Å²) in [5.74, 6) is -0.462. The Morgan fingerprint density at radius 1 is 1.20 bits per heavy atom. The molecule has 0 fully saturated rings. The molecular weight excluding hydrogens is 354 g/mol. The van der Waals surface area contributed by atoms with E-state index in [-0.39, 0.29) is 5.57 Å². The summed E-state index contributed by atoms with van der Waals surface area (Å²) in [6, 6.07) is 18.5. The molecule has 3 rings (SSSR count). The van der Waals surface area contributed by atoms with Crippen molar-refractivity contribution >= 4 is 40.6 Å². The zero-order valence-electron chi connectivity index (χ0n) is 13.4. The standard InChI is InChI=1S/C19H14ClN3OS/c1-13-12-25-19(23(13)16-8-3-2-4-9-16)17(11-21)18(24)22-15-7-5-6-14(20)10-15/h2-10,12H,1H3,(H,22,24)/b19-17+. The number of nitrogens with one attached hydrogen (secondary N) is 1. The lowest BCUT2D eigenvalue weighted by molar-refractivity contribution is -0.112. The molecule has 0 unspecified atom stereocenters. The molecule has 0 aliphatic carbocycles. The number of halogens is 1. The minimum atomic E-state index is -0.462. The fourth-order valence-electron chi connectivity index (χ4n) is 2.43. The molecule has 2 aromatic rings. The van der Waals surface area contributed by atoms with Gasteiger partial charge >= 0.3 is 0 Å². The molecule has 4 nitrogen and oxygen atoms in total. The van der Waals surface area contributed by atoms with E-state index in [1.807, 2.05) is 53.6 Å². The van der Waals surface area contributed by atoms with Crippen molar-refractivity contribution in [2.45, 2.75) is 6.92 Å². The lowest BCUT2D eigenvalue weighted by atomic mass is 10.2. The van der Waals surface area contributed by atoms with Crippen molar-refractivity contribution in [2.24, 2.45) is 0 Å². The van der Waals surface area contributed by atoms with Gasteiger partial charge in [-0.1, -0.05) is 47.6 Å². The Morgan fingerprint density at radius 3 is 2.64 bits per heavy atom. The molecule has 0 aromatic heterocycles. The normalized spacial score (nSPS) is 15.4. The number of hydrogen-bond donors (Lipinski definition) is 1. The van der Waals surface area contributed by atoms with Gasteiger partial charge in [0.15, 0.2) is 0 Å². The Morgan fingerprint density at radius 2 is 1.96 bits per heavy atom. The molecular formula is C19H14ClN3OS. The van der Waals surface area contributed by atoms with Gasteiger partial charge < -0.3 is 10.2 Å². The van der Waals surface area contributed by atoms with Crippen LogP contribution < -0.4 is 10.2 Å². The van der Waals surface area contributed by atoms with Crippen molar-refractivity contribution < 1.29 is 4.79 Å². The van der Waals surface area contributed by atoms with Crippen LogP contribution >= 0.6 is 23.4 Å². The van der Waals surface area contributed by atoms with Gasteiger partial charge in [0.2, 0.25) is 0 Å². The molecule has 0 spiro atoms. The Kier molecular flexibility index (Phi) is 5.13. The maximum atomic E-state index is 12.6. The second kappa shape index (κ2) is 7.47. The smallest absolute Gasteiger partial charge is 0.269 e. The first-order chi connectivity index (χ1) is 12.1. The molecule has 1 amide bonds. The van der Waals surface area contributed by atoms with Gasteiger partial charge in [0.05, 0.1) is 0 Å². The molecule has 25 heavy (non-hydrogen) atoms. The number of hydrogen-bond acceptors (Lipinski definition) is 4. The lowest BCUT2D eigenvalue weighted by Crippen LogP contribution is -2.21. The van der Waals surface area contributed by atoms with Crippen molar-refractivity contribution in [1.82, 2.24) is 0 Å². The number of allylic oxidation sites excluding steroid dienone is 1. The van der Waals surface area contributed by atoms with Crippen LogP contribution in [0, 0.1) is 11.3 Å². The highest BCUT2D eigenvalue weighted by Gasteiger charge is 2.27. The molecule has 1 N–H and O–H groups in total. The third kappa shape index (κ3) is 3.71. The minimum absolute atomic E-state index is 0.0573. The number of nitrogens with zero attached hydrogens (tertiary/aromatic N) is 2. The van der Waals surface area contributed by atoms with Crippen LogP contribution in [0.3, 0.4) is 0 Å². The van der Waals surface area contributed by atoms with Gasteiger partial charge in [-0.15, -0.1) is 0 Å². The first kappa shape index (κ1) is 17.2. The fraction of sp³-hybridized carbons (Fsp3) is 0.0526. The number of thioether (sulfide) groups is 1. The van der Waals surface area contributed by atoms with Gasteiger partial charge in [0.1, 0.15) is 16.7 Å². The lowest BCUT2D eigenvalue weighted by Gasteiger charge is -2.22. The summed E-state index contributed by atoms with van der Waals surface area (Å²) in [7, 11) is 0. The first-order valence-corrected chi connectivity index (χ1v) is 8.76. The summed E-state index contributed by atoms with van der Waals surface area (Å²) in [6.07, 6.45) is 0. The number of nitriles is 1. The summed E-state index contributed by atoms with van der Waals surface area (Å²) < 4.78 is 0. The molecule has 0 bridgehead atoms. The first-order valence-electron chi connectivity index (χ1n) is 7.50. The Hall–Kier alpha value is -2.68. The summed E-state index contributed by atoms with van der Waals surface area (Å²) in [5.41, 5.74) is 2.46. The Labute approximate surface area is 155 Å². The zero-order chi connectivity index (χ0) is 17.8. The van der Waals surface area contributed by atoms with E-state index in [1.54, 1.807) is 24.3 Å². The van der Waals surface area contributed by atoms with Crippen LogP contribution in [0.15, 0.2) is 76.3 Å². The topological polar surface area (TPSA) is 56.1 Å². The molecule has 1 aliphatic rings. The van der Waals surface area contributed by atoms with E-state index in [9.17, 15) is 10.1 Å². The third-order valence-electron chi connectivity index (χ3n) is 3.55. The zero-order valence-corrected chi connectivity index (χ0v) is 14.9. The van der Waals surface area contributed by atoms with Crippen LogP contribution in [0.25, 0.3) is 0 Å². The second-order valence-electron chi connectivity index (χ2n) is 5.30. The van der Waals surface area contributed by atoms with Gasteiger partial charge in [0, 0.05) is 22.1 Å². The highest BCUT2D eigenvalue weighted by atomic mass is 35.5. The van der Waals surface area contributed by atoms with Crippen molar-refractivity contribution in [2.75, 3.05) is 10.2 Å². The quantitative estimate of drug-likeness (QED) is 0.603. The largest absolute Gasteiger partial charge is 0.321 e. The molecule has 0 radical (unpaired) electrons. The Balaban J connectivity index is 1.95. The summed E-state index contributed by atoms with van der Waals surface area (Å²) >= 11 is 7.30. The monoisotopic (exact) mass is 367 g/mol. The molecule has 6 heteroatoms. The van der Waals surface area contributed by atoms with Crippen molar-refractivity contribution in [3.05, 3.63) is 81.3 Å². The van der Waals surface area contributed by atoms with Crippen LogP contribution in [0.2, 0.25) is 5.02 Å². The van der Waals surface area contributed by atoms with Crippen LogP contribution in [0.1, 0.15) is 6.92 Å². The van der Waals surface area contributed by atoms with Crippen LogP contribution in [0.4, 0.5) is 11.4 Å². The third-order valence-corrected chi connectivity index (χ3v) is 4.85. The van der Waals surface area contributed by atoms with Gasteiger partial charge in [0.25, 0.3) is 5.91 Å². The van der Waals surface area contributed by atoms with E-state index >= 15 is 0 Å². The van der Waals surface area contributed by atoms with Crippen LogP contribution in [-0.4, -0.2) is 5.91 Å². The molecule has 2 aromatic carbocycles. The second-order valence-corrected chi connectivity index (χ2v) is 6.60. The number of rotatable bonds is 3. The van der Waals surface area contributed by atoms with Gasteiger partial charge in [-0.25, -0.2) is 0 Å². The van der Waals surface area contributed by atoms with Crippen molar-refractivity contribution in [1.29, 1.82) is 5.26 Å². The van der Waals surface area contributed by atoms with Crippen LogP contribution in [-0.2, 0) is 4.79 Å². The maximum absolute atomic E-state index is 12.6. The number of carbonyl (C=O) groups excluding carboxylic acids is 1. The molecule has 1 aliphatic heterocycles. The molecule has 1 heterocycles. The summed E-state index contributed by atoms with van der Waals surface area (Å²) in [4.78, 5) is 14.5. The highest BCUT2D eigenvalue weighted by molar-refractivity contribution is 8.06. The number of anilines is 2. The average Bonchev–Trinajstić information content (AvgIpc) is 2.98. The minimum Gasteiger partial charge on any atom is -0.321 e. The highest BCUT2D eigenvalue weighted by Crippen LogP contribution is 2.40. The van der Waals surface area contributed by atoms with E-state index in [0.29, 0.717) is 15.7 Å². The molecule has 124 valence electrons. The predicted molar refractivity (Wildman–Crippen MR) is 103 cm³/mol. The number of carbonyl (C=O) groups is 1.